The van der Waals surface area contributed by atoms with Crippen molar-refractivity contribution in [2.24, 2.45) is 0 Å². The lowest BCUT2D eigenvalue weighted by Gasteiger charge is -2.17. The van der Waals surface area contributed by atoms with E-state index in [0.29, 0.717) is 0 Å². The van der Waals surface area contributed by atoms with Gasteiger partial charge in [-0.05, 0) is 47.1 Å². The average Bonchev–Trinajstić information content (AvgIpc) is 2.66. The number of rotatable bonds is 5. The smallest absolute Gasteiger partial charge is 0.222 e. The second kappa shape index (κ2) is 10.7. The van der Waals surface area contributed by atoms with Crippen LogP contribution in [0.3, 0.4) is 0 Å². The van der Waals surface area contributed by atoms with Crippen LogP contribution < -0.4 is 18.6 Å². The van der Waals surface area contributed by atoms with Gasteiger partial charge in [0.15, 0.2) is 0 Å². The van der Waals surface area contributed by atoms with Crippen LogP contribution in [0.5, 0.6) is 0 Å². The van der Waals surface area contributed by atoms with Crippen LogP contribution >= 0.6 is 22.6 Å². The molecule has 0 radical (unpaired) electrons. The molecule has 0 amide bonds. The minimum absolute atomic E-state index is 0.936. The third-order valence-corrected chi connectivity index (χ3v) is 4.33. The average molecular weight is 501 g/mol. The number of alkyl halides is 1. The summed E-state index contributed by atoms with van der Waals surface area (Å²) < 4.78 is 41.3. The molecular formula is C20H18ClIO5. The number of halogens is 2. The highest BCUT2D eigenvalue weighted by Crippen LogP contribution is 2.28. The zero-order valence-electron chi connectivity index (χ0n) is 14.3. The molecule has 5 nitrogen and oxygen atoms in total. The number of benzene rings is 2. The SMILES string of the molecule is ICCCc1cc(-c2ccccc2)[o+]c(-c2ccccc2)c1.[O-][Cl+3]([O-])([O-])[O-]. The van der Waals surface area contributed by atoms with Crippen LogP contribution in [0.15, 0.2) is 77.2 Å². The van der Waals surface area contributed by atoms with Gasteiger partial charge in [-0.1, -0.05) is 59.0 Å². The second-order valence-electron chi connectivity index (χ2n) is 5.60. The predicted octanol–water partition coefficient (Wildman–Crippen LogP) is 1.51. The Balaban J connectivity index is 0.000000465. The van der Waals surface area contributed by atoms with Gasteiger partial charge in [0.2, 0.25) is 0 Å². The van der Waals surface area contributed by atoms with E-state index in [9.17, 15) is 0 Å². The van der Waals surface area contributed by atoms with Crippen molar-refractivity contribution in [3.8, 4) is 22.6 Å². The molecule has 0 aliphatic heterocycles. The molecule has 2 aromatic carbocycles. The van der Waals surface area contributed by atoms with Crippen LogP contribution in [-0.4, -0.2) is 4.43 Å². The molecule has 0 N–H and O–H groups in total. The van der Waals surface area contributed by atoms with Crippen LogP contribution in [0.2, 0.25) is 0 Å². The topological polar surface area (TPSA) is 104 Å². The van der Waals surface area contributed by atoms with Crippen LogP contribution in [0.1, 0.15) is 12.0 Å². The van der Waals surface area contributed by atoms with Gasteiger partial charge in [0.1, 0.15) is 0 Å². The van der Waals surface area contributed by atoms with Crippen molar-refractivity contribution in [1.82, 2.24) is 0 Å². The lowest BCUT2D eigenvalue weighted by Crippen LogP contribution is -2.68. The van der Waals surface area contributed by atoms with E-state index in [1.807, 2.05) is 36.4 Å². The maximum atomic E-state index is 8.49. The van der Waals surface area contributed by atoms with E-state index < -0.39 is 10.2 Å². The monoisotopic (exact) mass is 500 g/mol. The highest BCUT2D eigenvalue weighted by molar-refractivity contribution is 14.1. The van der Waals surface area contributed by atoms with Crippen molar-refractivity contribution >= 4 is 22.6 Å². The molecule has 7 heteroatoms. The van der Waals surface area contributed by atoms with Crippen LogP contribution in [-0.2, 0) is 6.42 Å². The van der Waals surface area contributed by atoms with Crippen molar-refractivity contribution in [3.05, 3.63) is 78.4 Å². The van der Waals surface area contributed by atoms with E-state index >= 15 is 0 Å². The van der Waals surface area contributed by atoms with E-state index in [0.717, 1.165) is 29.1 Å². The first kappa shape index (κ1) is 21.7. The summed E-state index contributed by atoms with van der Waals surface area (Å²) in [6, 6.07) is 25.0. The summed E-state index contributed by atoms with van der Waals surface area (Å²) in [5, 5.41) is 0. The van der Waals surface area contributed by atoms with E-state index in [1.165, 1.54) is 16.4 Å². The molecule has 3 aromatic rings. The molecule has 0 unspecified atom stereocenters. The van der Waals surface area contributed by atoms with E-state index in [2.05, 4.69) is 59.0 Å². The van der Waals surface area contributed by atoms with Gasteiger partial charge >= 0.3 is 11.5 Å². The Hall–Kier alpha value is -1.55. The maximum absolute atomic E-state index is 8.49. The Bertz CT molecular complexity index is 759. The highest BCUT2D eigenvalue weighted by Gasteiger charge is 2.19. The van der Waals surface area contributed by atoms with E-state index in [-0.39, 0.29) is 0 Å². The fourth-order valence-electron chi connectivity index (χ4n) is 2.46. The Morgan fingerprint density at radius 1 is 0.741 bits per heavy atom. The van der Waals surface area contributed by atoms with Crippen LogP contribution in [0.4, 0.5) is 0 Å². The van der Waals surface area contributed by atoms with Gasteiger partial charge < -0.3 is 0 Å². The first-order valence-corrected chi connectivity index (χ1v) is 10.9. The molecule has 0 spiro atoms. The van der Waals surface area contributed by atoms with Gasteiger partial charge in [-0.3, -0.25) is 0 Å². The molecule has 142 valence electrons. The number of aryl methyl sites for hydroxylation is 1. The van der Waals surface area contributed by atoms with Gasteiger partial charge in [0, 0.05) is 12.1 Å². The summed E-state index contributed by atoms with van der Waals surface area (Å²) in [4.78, 5) is 0. The van der Waals surface area contributed by atoms with Crippen LogP contribution in [0.25, 0.3) is 22.6 Å². The van der Waals surface area contributed by atoms with Crippen molar-refractivity contribution in [3.63, 3.8) is 0 Å². The summed E-state index contributed by atoms with van der Waals surface area (Å²) >= 11 is 2.43. The Kier molecular flexibility index (Phi) is 8.62. The van der Waals surface area contributed by atoms with E-state index in [1.54, 1.807) is 0 Å². The minimum Gasteiger partial charge on any atom is -0.222 e. The lowest BCUT2D eigenvalue weighted by atomic mass is 10.0. The minimum atomic E-state index is -4.94. The van der Waals surface area contributed by atoms with Crippen molar-refractivity contribution in [1.29, 1.82) is 0 Å². The third-order valence-electron chi connectivity index (χ3n) is 3.57. The maximum Gasteiger partial charge on any atom is 0.361 e. The van der Waals surface area contributed by atoms with Crippen LogP contribution in [0, 0.1) is 10.2 Å². The zero-order chi connectivity index (χ0) is 19.7. The molecule has 0 saturated heterocycles. The van der Waals surface area contributed by atoms with Gasteiger partial charge in [0.05, 0.1) is 11.1 Å². The molecule has 3 rings (SSSR count). The molecular weight excluding hydrogens is 483 g/mol. The van der Waals surface area contributed by atoms with Crippen molar-refractivity contribution in [2.45, 2.75) is 12.8 Å². The largest absolute Gasteiger partial charge is 0.361 e. The fraction of sp³-hybridized carbons (Fsp3) is 0.150. The first-order chi connectivity index (χ1) is 12.9. The number of hydrogen-bond donors (Lipinski definition) is 0. The molecule has 1 heterocycles. The van der Waals surface area contributed by atoms with E-state index in [4.69, 9.17) is 23.1 Å². The zero-order valence-corrected chi connectivity index (χ0v) is 17.3. The molecule has 27 heavy (non-hydrogen) atoms. The van der Waals surface area contributed by atoms with Gasteiger partial charge in [-0.2, -0.15) is 0 Å². The van der Waals surface area contributed by atoms with Gasteiger partial charge in [-0.15, -0.1) is 10.2 Å². The quantitative estimate of drug-likeness (QED) is 0.300. The summed E-state index contributed by atoms with van der Waals surface area (Å²) in [6.07, 6.45) is 2.27. The normalized spacial score (nSPS) is 10.9. The molecule has 0 saturated carbocycles. The van der Waals surface area contributed by atoms with Gasteiger partial charge in [-0.25, -0.2) is 23.1 Å². The molecule has 0 fully saturated rings. The molecule has 0 atom stereocenters. The Morgan fingerprint density at radius 2 is 1.15 bits per heavy atom. The van der Waals surface area contributed by atoms with Gasteiger partial charge in [0.25, 0.3) is 0 Å². The summed E-state index contributed by atoms with van der Waals surface area (Å²) in [6.45, 7) is 0. The molecule has 1 aromatic heterocycles. The highest BCUT2D eigenvalue weighted by atomic mass is 127. The van der Waals surface area contributed by atoms with Crippen molar-refractivity contribution < 1.29 is 33.3 Å². The fourth-order valence-corrected chi connectivity index (χ4v) is 2.84. The Morgan fingerprint density at radius 3 is 1.52 bits per heavy atom. The third kappa shape index (κ3) is 8.34. The summed E-state index contributed by atoms with van der Waals surface area (Å²) in [5.41, 5.74) is 3.58. The lowest BCUT2D eigenvalue weighted by molar-refractivity contribution is -2.00. The van der Waals surface area contributed by atoms with Crippen molar-refractivity contribution in [2.75, 3.05) is 4.43 Å². The second-order valence-corrected chi connectivity index (χ2v) is 7.43. The summed E-state index contributed by atoms with van der Waals surface area (Å²) in [7, 11) is -4.94. The summed E-state index contributed by atoms with van der Waals surface area (Å²) in [5.74, 6) is 1.87. The predicted molar refractivity (Wildman–Crippen MR) is 101 cm³/mol. The molecule has 0 aliphatic carbocycles. The number of hydrogen-bond acceptors (Lipinski definition) is 4. The molecule has 0 aliphatic rings. The first-order valence-electron chi connectivity index (χ1n) is 8.12. The molecule has 0 bridgehead atoms. The Labute approximate surface area is 173 Å². The standard InChI is InChI=1S/C20H18IO.ClHO4/c21-13-7-8-16-14-19(17-9-3-1-4-10-17)22-20(15-16)18-11-5-2-6-12-18;2-1(3,4)5/h1-6,9-12,14-15H,7-8,13H2;(H,2,3,4,5)/q+1;/p-1.